The number of amides is 1. The molecule has 16 heavy (non-hydrogen) atoms. The van der Waals surface area contributed by atoms with Gasteiger partial charge in [0.2, 0.25) is 5.91 Å². The second kappa shape index (κ2) is 8.50. The molecule has 3 N–H and O–H groups in total. The lowest BCUT2D eigenvalue weighted by atomic mass is 9.98. The topological polar surface area (TPSA) is 70.6 Å². The van der Waals surface area contributed by atoms with Gasteiger partial charge in [0.1, 0.15) is 0 Å². The molecule has 0 bridgehead atoms. The van der Waals surface area contributed by atoms with E-state index in [4.69, 9.17) is 4.74 Å². The van der Waals surface area contributed by atoms with Gasteiger partial charge in [-0.3, -0.25) is 4.79 Å². The number of carbonyl (C=O) groups excluding carboxylic acids is 1. The normalized spacial score (nSPS) is 11.5. The summed E-state index contributed by atoms with van der Waals surface area (Å²) in [4.78, 5) is 11.3. The lowest BCUT2D eigenvalue weighted by molar-refractivity contribution is -0.120. The Morgan fingerprint density at radius 1 is 1.38 bits per heavy atom. The van der Waals surface area contributed by atoms with Gasteiger partial charge in [-0.05, 0) is 12.8 Å². The Labute approximate surface area is 97.6 Å². The van der Waals surface area contributed by atoms with E-state index >= 15 is 0 Å². The number of methoxy groups -OCH3 is 1. The highest BCUT2D eigenvalue weighted by Gasteiger charge is 2.21. The van der Waals surface area contributed by atoms with Crippen LogP contribution < -0.4 is 10.6 Å². The van der Waals surface area contributed by atoms with Crippen LogP contribution in [0, 0.1) is 0 Å². The molecule has 0 rings (SSSR count). The highest BCUT2D eigenvalue weighted by Crippen LogP contribution is 2.12. The molecule has 96 valence electrons. The van der Waals surface area contributed by atoms with E-state index in [-0.39, 0.29) is 12.5 Å². The molecular formula is C11H24N2O3. The molecule has 5 nitrogen and oxygen atoms in total. The van der Waals surface area contributed by atoms with Crippen molar-refractivity contribution in [3.8, 4) is 0 Å². The first-order chi connectivity index (χ1) is 7.58. The lowest BCUT2D eigenvalue weighted by Crippen LogP contribution is -2.43. The van der Waals surface area contributed by atoms with Crippen LogP contribution in [-0.2, 0) is 9.53 Å². The van der Waals surface area contributed by atoms with E-state index in [0.29, 0.717) is 32.5 Å². The molecular weight excluding hydrogens is 208 g/mol. The summed E-state index contributed by atoms with van der Waals surface area (Å²) in [6, 6.07) is 0. The van der Waals surface area contributed by atoms with Gasteiger partial charge in [-0.2, -0.15) is 0 Å². The summed E-state index contributed by atoms with van der Waals surface area (Å²) in [6.45, 7) is 5.57. The van der Waals surface area contributed by atoms with Crippen molar-refractivity contribution >= 4 is 5.91 Å². The first-order valence-corrected chi connectivity index (χ1v) is 5.76. The van der Waals surface area contributed by atoms with Gasteiger partial charge in [0, 0.05) is 20.2 Å². The predicted octanol–water partition coefficient (Wildman–Crippen LogP) is -0.110. The molecule has 0 spiro atoms. The van der Waals surface area contributed by atoms with Crippen LogP contribution in [-0.4, -0.2) is 50.0 Å². The minimum absolute atomic E-state index is 0.0772. The number of nitrogens with one attached hydrogen (secondary N) is 2. The average molecular weight is 232 g/mol. The van der Waals surface area contributed by atoms with E-state index < -0.39 is 5.60 Å². The largest absolute Gasteiger partial charge is 0.389 e. The maximum Gasteiger partial charge on any atom is 0.234 e. The fourth-order valence-electron chi connectivity index (χ4n) is 1.26. The molecule has 0 saturated heterocycles. The standard InChI is InChI=1S/C11H24N2O3/c1-4-11(15,5-2)9-12-8-10(14)13-6-7-16-3/h12,15H,4-9H2,1-3H3,(H,13,14). The molecule has 0 aliphatic rings. The van der Waals surface area contributed by atoms with Crippen LogP contribution >= 0.6 is 0 Å². The molecule has 0 atom stereocenters. The summed E-state index contributed by atoms with van der Waals surface area (Å²) in [5.41, 5.74) is -0.702. The van der Waals surface area contributed by atoms with E-state index in [9.17, 15) is 9.90 Å². The minimum atomic E-state index is -0.702. The Morgan fingerprint density at radius 2 is 2.00 bits per heavy atom. The van der Waals surface area contributed by atoms with Crippen molar-refractivity contribution < 1.29 is 14.6 Å². The van der Waals surface area contributed by atoms with Crippen LogP contribution in [0.2, 0.25) is 0 Å². The third-order valence-corrected chi connectivity index (χ3v) is 2.68. The van der Waals surface area contributed by atoms with E-state index in [2.05, 4.69) is 10.6 Å². The summed E-state index contributed by atoms with van der Waals surface area (Å²) < 4.78 is 4.81. The Bertz CT molecular complexity index is 194. The van der Waals surface area contributed by atoms with Crippen molar-refractivity contribution in [3.63, 3.8) is 0 Å². The van der Waals surface area contributed by atoms with Crippen LogP contribution in [0.3, 0.4) is 0 Å². The zero-order valence-corrected chi connectivity index (χ0v) is 10.5. The van der Waals surface area contributed by atoms with E-state index in [1.807, 2.05) is 13.8 Å². The zero-order chi connectivity index (χ0) is 12.4. The molecule has 0 aromatic rings. The van der Waals surface area contributed by atoms with Crippen LogP contribution in [0.4, 0.5) is 0 Å². The smallest absolute Gasteiger partial charge is 0.234 e. The van der Waals surface area contributed by atoms with Gasteiger partial charge in [-0.25, -0.2) is 0 Å². The summed E-state index contributed by atoms with van der Waals surface area (Å²) in [5.74, 6) is -0.0772. The molecule has 0 aliphatic carbocycles. The molecule has 0 aromatic carbocycles. The van der Waals surface area contributed by atoms with Gasteiger partial charge in [0.05, 0.1) is 18.8 Å². The van der Waals surface area contributed by atoms with Gasteiger partial charge in [-0.1, -0.05) is 13.8 Å². The molecule has 5 heteroatoms. The molecule has 0 unspecified atom stereocenters. The zero-order valence-electron chi connectivity index (χ0n) is 10.5. The minimum Gasteiger partial charge on any atom is -0.389 e. The first-order valence-electron chi connectivity index (χ1n) is 5.76. The van der Waals surface area contributed by atoms with Gasteiger partial charge in [0.25, 0.3) is 0 Å². The number of ether oxygens (including phenoxy) is 1. The highest BCUT2D eigenvalue weighted by molar-refractivity contribution is 5.77. The molecule has 0 aromatic heterocycles. The Morgan fingerprint density at radius 3 is 2.50 bits per heavy atom. The fraction of sp³-hybridized carbons (Fsp3) is 0.909. The maximum atomic E-state index is 11.3. The van der Waals surface area contributed by atoms with Crippen LogP contribution in [0.1, 0.15) is 26.7 Å². The van der Waals surface area contributed by atoms with Crippen LogP contribution in [0.25, 0.3) is 0 Å². The molecule has 0 aliphatic heterocycles. The van der Waals surface area contributed by atoms with Crippen molar-refractivity contribution in [3.05, 3.63) is 0 Å². The first kappa shape index (κ1) is 15.3. The lowest BCUT2D eigenvalue weighted by Gasteiger charge is -2.25. The summed E-state index contributed by atoms with van der Waals surface area (Å²) in [6.07, 6.45) is 1.36. The predicted molar refractivity (Wildman–Crippen MR) is 63.3 cm³/mol. The van der Waals surface area contributed by atoms with Crippen LogP contribution in [0.5, 0.6) is 0 Å². The fourth-order valence-corrected chi connectivity index (χ4v) is 1.26. The van der Waals surface area contributed by atoms with Crippen molar-refractivity contribution in [2.24, 2.45) is 0 Å². The molecule has 0 radical (unpaired) electrons. The van der Waals surface area contributed by atoms with Gasteiger partial charge in [-0.15, -0.1) is 0 Å². The van der Waals surface area contributed by atoms with Gasteiger partial charge in [0.15, 0.2) is 0 Å². The number of hydrogen-bond acceptors (Lipinski definition) is 4. The Balaban J connectivity index is 3.60. The summed E-state index contributed by atoms with van der Waals surface area (Å²) in [5, 5.41) is 15.6. The SMILES string of the molecule is CCC(O)(CC)CNCC(=O)NCCOC. The van der Waals surface area contributed by atoms with E-state index in [0.717, 1.165) is 0 Å². The monoisotopic (exact) mass is 232 g/mol. The highest BCUT2D eigenvalue weighted by atomic mass is 16.5. The Kier molecular flexibility index (Phi) is 8.15. The third kappa shape index (κ3) is 6.76. The van der Waals surface area contributed by atoms with Crippen molar-refractivity contribution in [2.45, 2.75) is 32.3 Å². The number of aliphatic hydroxyl groups is 1. The summed E-state index contributed by atoms with van der Waals surface area (Å²) >= 11 is 0. The quantitative estimate of drug-likeness (QED) is 0.485. The number of carbonyl (C=O) groups is 1. The van der Waals surface area contributed by atoms with E-state index in [1.54, 1.807) is 7.11 Å². The second-order valence-corrected chi connectivity index (χ2v) is 3.88. The third-order valence-electron chi connectivity index (χ3n) is 2.68. The summed E-state index contributed by atoms with van der Waals surface area (Å²) in [7, 11) is 1.59. The second-order valence-electron chi connectivity index (χ2n) is 3.88. The molecule has 0 heterocycles. The molecule has 0 saturated carbocycles. The van der Waals surface area contributed by atoms with Crippen LogP contribution in [0.15, 0.2) is 0 Å². The van der Waals surface area contributed by atoms with Crippen molar-refractivity contribution in [1.82, 2.24) is 10.6 Å². The average Bonchev–Trinajstić information content (AvgIpc) is 2.29. The van der Waals surface area contributed by atoms with Crippen molar-refractivity contribution in [2.75, 3.05) is 33.4 Å². The van der Waals surface area contributed by atoms with Gasteiger partial charge >= 0.3 is 0 Å². The molecule has 0 fully saturated rings. The maximum absolute atomic E-state index is 11.3. The van der Waals surface area contributed by atoms with Crippen molar-refractivity contribution in [1.29, 1.82) is 0 Å². The molecule has 1 amide bonds. The van der Waals surface area contributed by atoms with E-state index in [1.165, 1.54) is 0 Å². The number of hydrogen-bond donors (Lipinski definition) is 3. The van der Waals surface area contributed by atoms with Gasteiger partial charge < -0.3 is 20.5 Å². The Hall–Kier alpha value is -0.650. The number of rotatable bonds is 9.